The number of benzene rings is 2. The number of hydrogen-bond donors (Lipinski definition) is 1. The molecule has 1 aromatic heterocycles. The fourth-order valence-corrected chi connectivity index (χ4v) is 2.69. The van der Waals surface area contributed by atoms with E-state index in [4.69, 9.17) is 11.6 Å². The van der Waals surface area contributed by atoms with E-state index in [9.17, 15) is 5.11 Å². The van der Waals surface area contributed by atoms with Gasteiger partial charge in [0.1, 0.15) is 5.60 Å². The second kappa shape index (κ2) is 5.91. The van der Waals surface area contributed by atoms with E-state index in [0.717, 1.165) is 22.3 Å². The molecule has 0 aliphatic rings. The Kier molecular flexibility index (Phi) is 3.97. The third-order valence-electron chi connectivity index (χ3n) is 3.81. The zero-order valence-corrected chi connectivity index (χ0v) is 13.0. The van der Waals surface area contributed by atoms with Gasteiger partial charge in [-0.1, -0.05) is 59.6 Å². The number of halogens is 1. The van der Waals surface area contributed by atoms with Gasteiger partial charge in [-0.2, -0.15) is 0 Å². The second-order valence-electron chi connectivity index (χ2n) is 5.33. The molecule has 3 rings (SSSR count). The minimum absolute atomic E-state index is 0.640. The lowest BCUT2D eigenvalue weighted by Gasteiger charge is -2.30. The average Bonchev–Trinajstić information content (AvgIpc) is 2.56. The van der Waals surface area contributed by atoms with Crippen LogP contribution in [0.5, 0.6) is 0 Å². The first-order valence-electron chi connectivity index (χ1n) is 7.07. The molecule has 0 fully saturated rings. The van der Waals surface area contributed by atoms with E-state index in [1.54, 1.807) is 24.5 Å². The lowest BCUT2D eigenvalue weighted by Crippen LogP contribution is -2.29. The molecule has 0 radical (unpaired) electrons. The highest BCUT2D eigenvalue weighted by Gasteiger charge is 2.33. The molecule has 0 saturated carbocycles. The topological polar surface area (TPSA) is 33.1 Å². The van der Waals surface area contributed by atoms with Crippen LogP contribution >= 0.6 is 11.6 Å². The highest BCUT2D eigenvalue weighted by molar-refractivity contribution is 6.30. The summed E-state index contributed by atoms with van der Waals surface area (Å²) in [6, 6.07) is 18.8. The van der Waals surface area contributed by atoms with Crippen LogP contribution in [0.25, 0.3) is 0 Å². The van der Waals surface area contributed by atoms with Crippen LogP contribution < -0.4 is 0 Å². The summed E-state index contributed by atoms with van der Waals surface area (Å²) < 4.78 is 0. The number of rotatable bonds is 3. The summed E-state index contributed by atoms with van der Waals surface area (Å²) in [7, 11) is 0. The molecule has 0 aliphatic heterocycles. The largest absolute Gasteiger partial charge is 0.376 e. The van der Waals surface area contributed by atoms with Crippen molar-refractivity contribution >= 4 is 11.6 Å². The molecular weight excluding hydrogens is 294 g/mol. The van der Waals surface area contributed by atoms with E-state index in [0.29, 0.717) is 5.02 Å². The number of pyridine rings is 1. The molecular formula is C19H16ClNO. The Hall–Kier alpha value is -2.16. The van der Waals surface area contributed by atoms with E-state index in [2.05, 4.69) is 4.98 Å². The van der Waals surface area contributed by atoms with Gasteiger partial charge in [-0.05, 0) is 36.2 Å². The maximum Gasteiger partial charge on any atom is 0.142 e. The Morgan fingerprint density at radius 1 is 0.864 bits per heavy atom. The maximum absolute atomic E-state index is 11.5. The summed E-state index contributed by atoms with van der Waals surface area (Å²) in [6.45, 7) is 2.02. The number of aryl methyl sites for hydroxylation is 1. The smallest absolute Gasteiger partial charge is 0.142 e. The maximum atomic E-state index is 11.5. The molecule has 0 saturated heterocycles. The minimum Gasteiger partial charge on any atom is -0.376 e. The molecule has 0 bridgehead atoms. The standard InChI is InChI=1S/C19H16ClNO/c1-14-4-6-15(7-5-14)19(22,17-3-2-12-21-13-17)16-8-10-18(20)11-9-16/h2-13,22H,1H3/t19-/m1/s1. The quantitative estimate of drug-likeness (QED) is 0.781. The fourth-order valence-electron chi connectivity index (χ4n) is 2.56. The minimum atomic E-state index is -1.26. The molecule has 22 heavy (non-hydrogen) atoms. The third-order valence-corrected chi connectivity index (χ3v) is 4.06. The Morgan fingerprint density at radius 2 is 1.45 bits per heavy atom. The van der Waals surface area contributed by atoms with Crippen LogP contribution in [0, 0.1) is 6.92 Å². The Morgan fingerprint density at radius 3 is 2.00 bits per heavy atom. The van der Waals surface area contributed by atoms with Gasteiger partial charge in [0.05, 0.1) is 0 Å². The van der Waals surface area contributed by atoms with Crippen molar-refractivity contribution in [1.82, 2.24) is 4.98 Å². The third kappa shape index (κ3) is 2.63. The van der Waals surface area contributed by atoms with Crippen LogP contribution in [0.3, 0.4) is 0 Å². The van der Waals surface area contributed by atoms with E-state index >= 15 is 0 Å². The van der Waals surface area contributed by atoms with Crippen molar-refractivity contribution in [2.75, 3.05) is 0 Å². The average molecular weight is 310 g/mol. The van der Waals surface area contributed by atoms with Crippen molar-refractivity contribution in [2.45, 2.75) is 12.5 Å². The molecule has 3 heteroatoms. The molecule has 3 aromatic rings. The first-order valence-corrected chi connectivity index (χ1v) is 7.44. The van der Waals surface area contributed by atoms with Gasteiger partial charge < -0.3 is 5.11 Å². The summed E-state index contributed by atoms with van der Waals surface area (Å²) in [6.07, 6.45) is 3.38. The summed E-state index contributed by atoms with van der Waals surface area (Å²) in [4.78, 5) is 4.15. The van der Waals surface area contributed by atoms with Crippen LogP contribution in [-0.4, -0.2) is 10.1 Å². The van der Waals surface area contributed by atoms with Gasteiger partial charge in [0.2, 0.25) is 0 Å². The van der Waals surface area contributed by atoms with Crippen molar-refractivity contribution in [2.24, 2.45) is 0 Å². The first kappa shape index (κ1) is 14.8. The zero-order valence-electron chi connectivity index (χ0n) is 12.2. The summed E-state index contributed by atoms with van der Waals surface area (Å²) in [5, 5.41) is 12.2. The molecule has 0 amide bonds. The molecule has 1 heterocycles. The molecule has 2 nitrogen and oxygen atoms in total. The molecule has 110 valence electrons. The van der Waals surface area contributed by atoms with Crippen molar-refractivity contribution in [3.05, 3.63) is 100 Å². The molecule has 0 aliphatic carbocycles. The SMILES string of the molecule is Cc1ccc([C@@](O)(c2ccc(Cl)cc2)c2cccnc2)cc1. The van der Waals surface area contributed by atoms with Crippen molar-refractivity contribution in [3.8, 4) is 0 Å². The normalized spacial score (nSPS) is 13.6. The summed E-state index contributed by atoms with van der Waals surface area (Å²) in [5.41, 5.74) is 2.17. The lowest BCUT2D eigenvalue weighted by molar-refractivity contribution is 0.125. The molecule has 1 N–H and O–H groups in total. The molecule has 2 aromatic carbocycles. The highest BCUT2D eigenvalue weighted by Crippen LogP contribution is 2.36. The van der Waals surface area contributed by atoms with Gasteiger partial charge >= 0.3 is 0 Å². The monoisotopic (exact) mass is 309 g/mol. The van der Waals surface area contributed by atoms with Crippen molar-refractivity contribution in [1.29, 1.82) is 0 Å². The van der Waals surface area contributed by atoms with Crippen LogP contribution in [0.1, 0.15) is 22.3 Å². The van der Waals surface area contributed by atoms with Crippen LogP contribution in [0.15, 0.2) is 73.1 Å². The Balaban J connectivity index is 2.22. The molecule has 0 spiro atoms. The first-order chi connectivity index (χ1) is 10.6. The van der Waals surface area contributed by atoms with E-state index in [-0.39, 0.29) is 0 Å². The lowest BCUT2D eigenvalue weighted by atomic mass is 9.81. The molecule has 0 unspecified atom stereocenters. The van der Waals surface area contributed by atoms with Gasteiger partial charge in [-0.3, -0.25) is 4.98 Å². The molecule has 1 atom stereocenters. The predicted octanol–water partition coefficient (Wildman–Crippen LogP) is 4.33. The van der Waals surface area contributed by atoms with Crippen LogP contribution in [-0.2, 0) is 5.60 Å². The van der Waals surface area contributed by atoms with Crippen molar-refractivity contribution < 1.29 is 5.11 Å². The predicted molar refractivity (Wildman–Crippen MR) is 89.0 cm³/mol. The zero-order chi connectivity index (χ0) is 15.6. The number of aromatic nitrogens is 1. The van der Waals surface area contributed by atoms with Gasteiger partial charge in [0, 0.05) is 23.0 Å². The van der Waals surface area contributed by atoms with Gasteiger partial charge in [0.15, 0.2) is 0 Å². The Labute approximate surface area is 135 Å². The van der Waals surface area contributed by atoms with Crippen LogP contribution in [0.2, 0.25) is 5.02 Å². The van der Waals surface area contributed by atoms with Gasteiger partial charge in [-0.15, -0.1) is 0 Å². The van der Waals surface area contributed by atoms with Crippen LogP contribution in [0.4, 0.5) is 0 Å². The number of nitrogens with zero attached hydrogens (tertiary/aromatic N) is 1. The van der Waals surface area contributed by atoms with Gasteiger partial charge in [0.25, 0.3) is 0 Å². The second-order valence-corrected chi connectivity index (χ2v) is 5.76. The Bertz CT molecular complexity index is 706. The summed E-state index contributed by atoms with van der Waals surface area (Å²) >= 11 is 5.98. The number of aliphatic hydroxyl groups is 1. The van der Waals surface area contributed by atoms with Crippen molar-refractivity contribution in [3.63, 3.8) is 0 Å². The van der Waals surface area contributed by atoms with E-state index in [1.165, 1.54) is 0 Å². The summed E-state index contributed by atoms with van der Waals surface area (Å²) in [5.74, 6) is 0. The van der Waals surface area contributed by atoms with E-state index in [1.807, 2.05) is 55.5 Å². The highest BCUT2D eigenvalue weighted by atomic mass is 35.5. The number of hydrogen-bond acceptors (Lipinski definition) is 2. The fraction of sp³-hybridized carbons (Fsp3) is 0.105. The van der Waals surface area contributed by atoms with Gasteiger partial charge in [-0.25, -0.2) is 0 Å². The van der Waals surface area contributed by atoms with E-state index < -0.39 is 5.60 Å².